The highest BCUT2D eigenvalue weighted by Gasteiger charge is 2.39. The van der Waals surface area contributed by atoms with E-state index >= 15 is 0 Å². The summed E-state index contributed by atoms with van der Waals surface area (Å²) in [6.45, 7) is 4.17. The molecule has 0 fully saturated rings. The summed E-state index contributed by atoms with van der Waals surface area (Å²) < 4.78 is 31.4. The molecule has 1 amide bonds. The number of sulfonamides is 1. The van der Waals surface area contributed by atoms with Crippen molar-refractivity contribution in [2.45, 2.75) is 44.8 Å². The van der Waals surface area contributed by atoms with Crippen LogP contribution in [0.25, 0.3) is 0 Å². The molecule has 0 aromatic heterocycles. The Bertz CT molecular complexity index is 1020. The molecule has 0 saturated carbocycles. The predicted molar refractivity (Wildman–Crippen MR) is 115 cm³/mol. The molecule has 6 nitrogen and oxygen atoms in total. The van der Waals surface area contributed by atoms with Gasteiger partial charge in [0.05, 0.1) is 22.9 Å². The number of para-hydroxylation sites is 1. The number of benzene rings is 2. The summed E-state index contributed by atoms with van der Waals surface area (Å²) in [5.41, 5.74) is 1.19. The number of ether oxygens (including phenoxy) is 1. The molecule has 0 unspecified atom stereocenters. The van der Waals surface area contributed by atoms with Crippen molar-refractivity contribution < 1.29 is 17.9 Å². The Morgan fingerprint density at radius 2 is 1.90 bits per heavy atom. The SMILES string of the molecule is CCC1(CC)C[C@H](NC(=O)c2ccc(NS(C)(=O)=O)cc2Cl)c2ccccc2O1. The average Bonchev–Trinajstić information content (AvgIpc) is 2.66. The van der Waals surface area contributed by atoms with Crippen LogP contribution in [-0.4, -0.2) is 26.2 Å². The minimum atomic E-state index is -3.43. The van der Waals surface area contributed by atoms with Crippen LogP contribution in [0.15, 0.2) is 42.5 Å². The zero-order chi connectivity index (χ0) is 21.2. The van der Waals surface area contributed by atoms with Crippen molar-refractivity contribution in [3.05, 3.63) is 58.6 Å². The van der Waals surface area contributed by atoms with Crippen molar-refractivity contribution in [1.82, 2.24) is 5.32 Å². The molecular weight excluding hydrogens is 412 g/mol. The van der Waals surface area contributed by atoms with E-state index < -0.39 is 10.0 Å². The summed E-state index contributed by atoms with van der Waals surface area (Å²) in [4.78, 5) is 13.0. The maximum atomic E-state index is 13.0. The molecule has 1 heterocycles. The van der Waals surface area contributed by atoms with Gasteiger partial charge in [0.15, 0.2) is 0 Å². The lowest BCUT2D eigenvalue weighted by molar-refractivity contribution is 0.0227. The van der Waals surface area contributed by atoms with Gasteiger partial charge in [0.1, 0.15) is 11.4 Å². The first kappa shape index (κ1) is 21.5. The third-order valence-corrected chi connectivity index (χ3v) is 6.23. The Morgan fingerprint density at radius 1 is 1.21 bits per heavy atom. The summed E-state index contributed by atoms with van der Waals surface area (Å²) in [6, 6.07) is 12.0. The van der Waals surface area contributed by atoms with Gasteiger partial charge in [-0.25, -0.2) is 8.42 Å². The van der Waals surface area contributed by atoms with E-state index in [-0.39, 0.29) is 28.1 Å². The fraction of sp³-hybridized carbons (Fsp3) is 0.381. The molecule has 156 valence electrons. The molecule has 0 bridgehead atoms. The molecule has 0 radical (unpaired) electrons. The molecule has 1 aliphatic heterocycles. The molecule has 29 heavy (non-hydrogen) atoms. The Morgan fingerprint density at radius 3 is 2.52 bits per heavy atom. The summed E-state index contributed by atoms with van der Waals surface area (Å²) in [5.74, 6) is 0.468. The zero-order valence-electron chi connectivity index (χ0n) is 16.7. The van der Waals surface area contributed by atoms with Crippen molar-refractivity contribution in [3.63, 3.8) is 0 Å². The topological polar surface area (TPSA) is 84.5 Å². The molecule has 0 saturated heterocycles. The fourth-order valence-electron chi connectivity index (χ4n) is 3.64. The van der Waals surface area contributed by atoms with E-state index in [0.717, 1.165) is 30.4 Å². The van der Waals surface area contributed by atoms with Gasteiger partial charge in [-0.1, -0.05) is 43.6 Å². The van der Waals surface area contributed by atoms with Gasteiger partial charge in [0, 0.05) is 17.7 Å². The lowest BCUT2D eigenvalue weighted by Gasteiger charge is -2.41. The van der Waals surface area contributed by atoms with Gasteiger partial charge in [-0.05, 0) is 37.1 Å². The molecule has 2 aromatic carbocycles. The normalized spacial score (nSPS) is 17.7. The van der Waals surface area contributed by atoms with Crippen LogP contribution in [-0.2, 0) is 10.0 Å². The van der Waals surface area contributed by atoms with Crippen LogP contribution in [0.2, 0.25) is 5.02 Å². The highest BCUT2D eigenvalue weighted by Crippen LogP contribution is 2.42. The van der Waals surface area contributed by atoms with E-state index in [4.69, 9.17) is 16.3 Å². The summed E-state index contributed by atoms with van der Waals surface area (Å²) >= 11 is 6.26. The predicted octanol–water partition coefficient (Wildman–Crippen LogP) is 4.52. The van der Waals surface area contributed by atoms with E-state index in [9.17, 15) is 13.2 Å². The Kier molecular flexibility index (Phi) is 6.10. The Labute approximate surface area is 176 Å². The van der Waals surface area contributed by atoms with Crippen LogP contribution in [0.5, 0.6) is 5.75 Å². The Hall–Kier alpha value is -2.25. The molecule has 1 atom stereocenters. The number of nitrogens with one attached hydrogen (secondary N) is 2. The third kappa shape index (κ3) is 4.85. The lowest BCUT2D eigenvalue weighted by Crippen LogP contribution is -2.44. The van der Waals surface area contributed by atoms with E-state index in [2.05, 4.69) is 23.9 Å². The lowest BCUT2D eigenvalue weighted by atomic mass is 9.83. The monoisotopic (exact) mass is 436 g/mol. The van der Waals surface area contributed by atoms with E-state index in [1.54, 1.807) is 0 Å². The van der Waals surface area contributed by atoms with Gasteiger partial charge in [0.2, 0.25) is 10.0 Å². The van der Waals surface area contributed by atoms with E-state index in [1.807, 2.05) is 24.3 Å². The minimum Gasteiger partial charge on any atom is -0.487 e. The van der Waals surface area contributed by atoms with Crippen molar-refractivity contribution >= 4 is 33.2 Å². The average molecular weight is 437 g/mol. The maximum absolute atomic E-state index is 13.0. The standard InChI is InChI=1S/C21H25ClN2O4S/c1-4-21(5-2)13-18(16-8-6-7-9-19(16)28-21)23-20(25)15-11-10-14(12-17(15)22)24-29(3,26)27/h6-12,18,24H,4-5,13H2,1-3H3,(H,23,25)/t18-/m0/s1. The van der Waals surface area contributed by atoms with Crippen LogP contribution in [0.1, 0.15) is 55.1 Å². The summed E-state index contributed by atoms with van der Waals surface area (Å²) in [5, 5.41) is 3.26. The molecular formula is C21H25ClN2O4S. The highest BCUT2D eigenvalue weighted by atomic mass is 35.5. The van der Waals surface area contributed by atoms with Crippen LogP contribution < -0.4 is 14.8 Å². The van der Waals surface area contributed by atoms with Crippen LogP contribution in [0.3, 0.4) is 0 Å². The van der Waals surface area contributed by atoms with E-state index in [1.165, 1.54) is 18.2 Å². The minimum absolute atomic E-state index is 0.175. The number of carbonyl (C=O) groups is 1. The van der Waals surface area contributed by atoms with Gasteiger partial charge >= 0.3 is 0 Å². The second kappa shape index (κ2) is 8.24. The molecule has 1 aliphatic rings. The van der Waals surface area contributed by atoms with Crippen LogP contribution in [0, 0.1) is 0 Å². The largest absolute Gasteiger partial charge is 0.487 e. The fourth-order valence-corrected chi connectivity index (χ4v) is 4.46. The summed E-state index contributed by atoms with van der Waals surface area (Å²) in [6.07, 6.45) is 3.37. The number of hydrogen-bond acceptors (Lipinski definition) is 4. The van der Waals surface area contributed by atoms with Gasteiger partial charge < -0.3 is 10.1 Å². The second-order valence-electron chi connectivity index (χ2n) is 7.33. The van der Waals surface area contributed by atoms with Gasteiger partial charge in [0.25, 0.3) is 5.91 Å². The van der Waals surface area contributed by atoms with Gasteiger partial charge in [-0.15, -0.1) is 0 Å². The maximum Gasteiger partial charge on any atom is 0.253 e. The quantitative estimate of drug-likeness (QED) is 0.697. The number of amides is 1. The molecule has 2 aromatic rings. The first-order valence-electron chi connectivity index (χ1n) is 9.52. The van der Waals surface area contributed by atoms with Crippen molar-refractivity contribution in [1.29, 1.82) is 0 Å². The number of hydrogen-bond donors (Lipinski definition) is 2. The summed E-state index contributed by atoms with van der Waals surface area (Å²) in [7, 11) is -3.43. The third-order valence-electron chi connectivity index (χ3n) is 5.31. The first-order chi connectivity index (χ1) is 13.7. The molecule has 0 spiro atoms. The van der Waals surface area contributed by atoms with Gasteiger partial charge in [-0.3, -0.25) is 9.52 Å². The number of rotatable bonds is 6. The van der Waals surface area contributed by atoms with Crippen molar-refractivity contribution in [3.8, 4) is 5.75 Å². The second-order valence-corrected chi connectivity index (χ2v) is 9.48. The molecule has 3 rings (SSSR count). The van der Waals surface area contributed by atoms with Crippen LogP contribution in [0.4, 0.5) is 5.69 Å². The van der Waals surface area contributed by atoms with Crippen LogP contribution >= 0.6 is 11.6 Å². The number of carbonyl (C=O) groups excluding carboxylic acids is 1. The molecule has 8 heteroatoms. The Balaban J connectivity index is 1.86. The smallest absolute Gasteiger partial charge is 0.253 e. The zero-order valence-corrected chi connectivity index (χ0v) is 18.2. The van der Waals surface area contributed by atoms with Gasteiger partial charge in [-0.2, -0.15) is 0 Å². The van der Waals surface area contributed by atoms with Crippen molar-refractivity contribution in [2.75, 3.05) is 11.0 Å². The highest BCUT2D eigenvalue weighted by molar-refractivity contribution is 7.92. The number of halogens is 1. The van der Waals surface area contributed by atoms with Crippen molar-refractivity contribution in [2.24, 2.45) is 0 Å². The first-order valence-corrected chi connectivity index (χ1v) is 11.8. The van der Waals surface area contributed by atoms with E-state index in [0.29, 0.717) is 12.1 Å². The number of anilines is 1. The molecule has 0 aliphatic carbocycles. The molecule has 2 N–H and O–H groups in total. The number of fused-ring (bicyclic) bond motifs is 1.